The molecule has 5 nitrogen and oxygen atoms in total. The molecule has 1 rings (SSSR count). The zero-order valence-electron chi connectivity index (χ0n) is 11.4. The van der Waals surface area contributed by atoms with Crippen molar-refractivity contribution in [2.75, 3.05) is 6.54 Å². The lowest BCUT2D eigenvalue weighted by molar-refractivity contribution is 0.0529. The van der Waals surface area contributed by atoms with E-state index >= 15 is 0 Å². The molecule has 0 saturated heterocycles. The Morgan fingerprint density at radius 3 is 2.83 bits per heavy atom. The normalized spacial score (nSPS) is 11.8. The standard InChI is InChI=1S/C13H21N3O2/c1-13(2,3)18-12(17)14-8-6-5-7-11-9-16(4)10-15-11/h5,7,9-10H,6,8H2,1-4H3,(H,14,17). The predicted octanol–water partition coefficient (Wildman–Crippen LogP) is 2.35. The van der Waals surface area contributed by atoms with Crippen LogP contribution in [0.3, 0.4) is 0 Å². The van der Waals surface area contributed by atoms with Crippen molar-refractivity contribution < 1.29 is 9.53 Å². The molecule has 1 N–H and O–H groups in total. The Balaban J connectivity index is 2.19. The molecule has 1 aromatic rings. The third-order valence-corrected chi connectivity index (χ3v) is 1.99. The minimum Gasteiger partial charge on any atom is -0.444 e. The second kappa shape index (κ2) is 6.23. The average Bonchev–Trinajstić information content (AvgIpc) is 2.61. The summed E-state index contributed by atoms with van der Waals surface area (Å²) in [5, 5.41) is 2.69. The van der Waals surface area contributed by atoms with Crippen LogP contribution in [-0.4, -0.2) is 27.8 Å². The summed E-state index contributed by atoms with van der Waals surface area (Å²) >= 11 is 0. The number of hydrogen-bond donors (Lipinski definition) is 1. The summed E-state index contributed by atoms with van der Waals surface area (Å²) in [6.45, 7) is 6.08. The monoisotopic (exact) mass is 251 g/mol. The van der Waals surface area contributed by atoms with E-state index in [2.05, 4.69) is 10.3 Å². The van der Waals surface area contributed by atoms with Crippen LogP contribution in [0, 0.1) is 0 Å². The first-order valence-corrected chi connectivity index (χ1v) is 5.98. The van der Waals surface area contributed by atoms with Gasteiger partial charge in [0.1, 0.15) is 5.60 Å². The Morgan fingerprint density at radius 2 is 2.28 bits per heavy atom. The average molecular weight is 251 g/mol. The first-order chi connectivity index (χ1) is 8.37. The highest BCUT2D eigenvalue weighted by atomic mass is 16.6. The second-order valence-corrected chi connectivity index (χ2v) is 5.08. The Kier molecular flexibility index (Phi) is 4.95. The van der Waals surface area contributed by atoms with Crippen LogP contribution in [0.15, 0.2) is 18.6 Å². The van der Waals surface area contributed by atoms with Gasteiger partial charge in [-0.15, -0.1) is 0 Å². The smallest absolute Gasteiger partial charge is 0.407 e. The van der Waals surface area contributed by atoms with Gasteiger partial charge in [0.15, 0.2) is 0 Å². The fourth-order valence-electron chi connectivity index (χ4n) is 1.29. The first-order valence-electron chi connectivity index (χ1n) is 5.98. The third-order valence-electron chi connectivity index (χ3n) is 1.99. The second-order valence-electron chi connectivity index (χ2n) is 5.08. The van der Waals surface area contributed by atoms with Crippen molar-refractivity contribution in [2.45, 2.75) is 32.8 Å². The first kappa shape index (κ1) is 14.3. The van der Waals surface area contributed by atoms with Gasteiger partial charge in [0.05, 0.1) is 12.0 Å². The lowest BCUT2D eigenvalue weighted by atomic mass is 10.2. The van der Waals surface area contributed by atoms with Crippen LogP contribution in [-0.2, 0) is 11.8 Å². The number of ether oxygens (including phenoxy) is 1. The quantitative estimate of drug-likeness (QED) is 0.836. The van der Waals surface area contributed by atoms with Crippen molar-refractivity contribution in [2.24, 2.45) is 7.05 Å². The van der Waals surface area contributed by atoms with E-state index in [1.54, 1.807) is 6.33 Å². The molecule has 0 aliphatic rings. The van der Waals surface area contributed by atoms with Crippen molar-refractivity contribution in [1.82, 2.24) is 14.9 Å². The Labute approximate surface area is 108 Å². The van der Waals surface area contributed by atoms with Gasteiger partial charge in [-0.1, -0.05) is 6.08 Å². The number of amides is 1. The molecular formula is C13H21N3O2. The van der Waals surface area contributed by atoms with Crippen molar-refractivity contribution in [3.63, 3.8) is 0 Å². The Hall–Kier alpha value is -1.78. The van der Waals surface area contributed by atoms with Gasteiger partial charge in [-0.3, -0.25) is 0 Å². The summed E-state index contributed by atoms with van der Waals surface area (Å²) < 4.78 is 7.00. The van der Waals surface area contributed by atoms with E-state index in [1.807, 2.05) is 50.7 Å². The van der Waals surface area contributed by atoms with Crippen LogP contribution in [0.4, 0.5) is 4.79 Å². The molecule has 0 aliphatic heterocycles. The van der Waals surface area contributed by atoms with Gasteiger partial charge in [0, 0.05) is 19.8 Å². The zero-order valence-corrected chi connectivity index (χ0v) is 11.4. The van der Waals surface area contributed by atoms with E-state index in [-0.39, 0.29) is 6.09 Å². The number of carbonyl (C=O) groups excluding carboxylic acids is 1. The SMILES string of the molecule is Cn1cnc(C=CCCNC(=O)OC(C)(C)C)c1. The van der Waals surface area contributed by atoms with E-state index in [4.69, 9.17) is 4.74 Å². The summed E-state index contributed by atoms with van der Waals surface area (Å²) in [6.07, 6.45) is 7.94. The summed E-state index contributed by atoms with van der Waals surface area (Å²) in [7, 11) is 1.92. The van der Waals surface area contributed by atoms with E-state index in [1.165, 1.54) is 0 Å². The Bertz CT molecular complexity index is 416. The summed E-state index contributed by atoms with van der Waals surface area (Å²) in [4.78, 5) is 15.5. The molecule has 0 radical (unpaired) electrons. The van der Waals surface area contributed by atoms with Crippen molar-refractivity contribution >= 4 is 12.2 Å². The fourth-order valence-corrected chi connectivity index (χ4v) is 1.29. The van der Waals surface area contributed by atoms with Crippen LogP contribution in [0.25, 0.3) is 6.08 Å². The van der Waals surface area contributed by atoms with Gasteiger partial charge in [-0.2, -0.15) is 0 Å². The number of imidazole rings is 1. The molecule has 1 aromatic heterocycles. The molecular weight excluding hydrogens is 230 g/mol. The fraction of sp³-hybridized carbons (Fsp3) is 0.538. The molecule has 0 aromatic carbocycles. The number of hydrogen-bond acceptors (Lipinski definition) is 3. The predicted molar refractivity (Wildman–Crippen MR) is 71.1 cm³/mol. The van der Waals surface area contributed by atoms with Gasteiger partial charge in [0.2, 0.25) is 0 Å². The van der Waals surface area contributed by atoms with Gasteiger partial charge >= 0.3 is 6.09 Å². The summed E-state index contributed by atoms with van der Waals surface area (Å²) in [6, 6.07) is 0. The molecule has 0 fully saturated rings. The van der Waals surface area contributed by atoms with E-state index < -0.39 is 5.60 Å². The minimum absolute atomic E-state index is 0.381. The maximum atomic E-state index is 11.3. The molecule has 0 spiro atoms. The molecule has 0 atom stereocenters. The number of aryl methyl sites for hydroxylation is 1. The number of rotatable bonds is 4. The van der Waals surface area contributed by atoms with Crippen LogP contribution < -0.4 is 5.32 Å². The number of alkyl carbamates (subject to hydrolysis) is 1. The van der Waals surface area contributed by atoms with Crippen molar-refractivity contribution in [1.29, 1.82) is 0 Å². The van der Waals surface area contributed by atoms with Crippen LogP contribution >= 0.6 is 0 Å². The maximum Gasteiger partial charge on any atom is 0.407 e. The highest BCUT2D eigenvalue weighted by Gasteiger charge is 2.14. The summed E-state index contributed by atoms with van der Waals surface area (Å²) in [5.74, 6) is 0. The van der Waals surface area contributed by atoms with Crippen molar-refractivity contribution in [3.8, 4) is 0 Å². The number of aromatic nitrogens is 2. The van der Waals surface area contributed by atoms with E-state index in [9.17, 15) is 4.79 Å². The molecule has 0 unspecified atom stereocenters. The summed E-state index contributed by atoms with van der Waals surface area (Å²) in [5.41, 5.74) is 0.461. The minimum atomic E-state index is -0.451. The number of nitrogens with one attached hydrogen (secondary N) is 1. The number of nitrogens with zero attached hydrogens (tertiary/aromatic N) is 2. The maximum absolute atomic E-state index is 11.3. The van der Waals surface area contributed by atoms with Gasteiger partial charge < -0.3 is 14.6 Å². The number of carbonyl (C=O) groups is 1. The lowest BCUT2D eigenvalue weighted by Crippen LogP contribution is -2.32. The van der Waals surface area contributed by atoms with Crippen LogP contribution in [0.5, 0.6) is 0 Å². The van der Waals surface area contributed by atoms with Crippen LogP contribution in [0.1, 0.15) is 32.9 Å². The molecule has 1 heterocycles. The molecule has 18 heavy (non-hydrogen) atoms. The van der Waals surface area contributed by atoms with Crippen molar-refractivity contribution in [3.05, 3.63) is 24.3 Å². The van der Waals surface area contributed by atoms with Gasteiger partial charge in [-0.25, -0.2) is 9.78 Å². The molecule has 5 heteroatoms. The lowest BCUT2D eigenvalue weighted by Gasteiger charge is -2.19. The topological polar surface area (TPSA) is 56.2 Å². The molecule has 0 aliphatic carbocycles. The van der Waals surface area contributed by atoms with Crippen LogP contribution in [0.2, 0.25) is 0 Å². The van der Waals surface area contributed by atoms with Gasteiger partial charge in [0.25, 0.3) is 0 Å². The largest absolute Gasteiger partial charge is 0.444 e. The van der Waals surface area contributed by atoms with E-state index in [0.717, 1.165) is 12.1 Å². The molecule has 100 valence electrons. The van der Waals surface area contributed by atoms with E-state index in [0.29, 0.717) is 6.54 Å². The highest BCUT2D eigenvalue weighted by molar-refractivity contribution is 5.67. The zero-order chi connectivity index (χ0) is 13.6. The molecule has 1 amide bonds. The third kappa shape index (κ3) is 6.08. The van der Waals surface area contributed by atoms with Gasteiger partial charge in [-0.05, 0) is 33.3 Å². The highest BCUT2D eigenvalue weighted by Crippen LogP contribution is 2.06. The molecule has 0 bridgehead atoms. The molecule has 0 saturated carbocycles. The Morgan fingerprint density at radius 1 is 1.56 bits per heavy atom.